The summed E-state index contributed by atoms with van der Waals surface area (Å²) < 4.78 is 49.9. The molecule has 0 fully saturated rings. The van der Waals surface area contributed by atoms with Crippen molar-refractivity contribution in [3.8, 4) is 6.07 Å². The number of aliphatic hydroxyl groups is 2. The zero-order chi connectivity index (χ0) is 20.6. The molecule has 0 bridgehead atoms. The smallest absolute Gasteiger partial charge is 0.393 e. The molecule has 3 N–H and O–H groups in total. The Hall–Kier alpha value is -2.61. The number of nitriles is 1. The van der Waals surface area contributed by atoms with Gasteiger partial charge in [-0.05, 0) is 42.5 Å². The highest BCUT2D eigenvalue weighted by molar-refractivity contribution is 7.80. The van der Waals surface area contributed by atoms with Gasteiger partial charge in [0.15, 0.2) is 6.10 Å². The van der Waals surface area contributed by atoms with Gasteiger partial charge in [-0.2, -0.15) is 18.4 Å². The molecule has 10 heteroatoms. The summed E-state index contributed by atoms with van der Waals surface area (Å²) in [5.74, 6) is -1.26. The Morgan fingerprint density at radius 2 is 1.81 bits per heavy atom. The van der Waals surface area contributed by atoms with Crippen LogP contribution < -0.4 is 5.32 Å². The zero-order valence-corrected chi connectivity index (χ0v) is 14.4. The van der Waals surface area contributed by atoms with Gasteiger partial charge in [-0.15, -0.1) is 12.6 Å². The van der Waals surface area contributed by atoms with E-state index in [9.17, 15) is 22.4 Å². The number of nitrogens with one attached hydrogen (secondary N) is 1. The van der Waals surface area contributed by atoms with E-state index >= 15 is 0 Å². The second-order valence-corrected chi connectivity index (χ2v) is 5.55. The molecule has 0 spiro atoms. The predicted molar refractivity (Wildman–Crippen MR) is 91.5 cm³/mol. The lowest BCUT2D eigenvalue weighted by atomic mass is 10.1. The summed E-state index contributed by atoms with van der Waals surface area (Å²) in [7, 11) is 0. The number of hydrogen-bond donors (Lipinski definition) is 4. The number of benzene rings is 2. The lowest BCUT2D eigenvalue weighted by Gasteiger charge is -2.12. The third kappa shape index (κ3) is 7.26. The SMILES string of the molecule is Fc1ccc(S)cc1.N#Cc1ccc(NC(=O)C(O)CO)cc1C(F)(F)F. The van der Waals surface area contributed by atoms with Crippen LogP contribution in [0.15, 0.2) is 47.4 Å². The van der Waals surface area contributed by atoms with E-state index < -0.39 is 35.9 Å². The average molecular weight is 402 g/mol. The highest BCUT2D eigenvalue weighted by Crippen LogP contribution is 2.33. The quantitative estimate of drug-likeness (QED) is 0.469. The van der Waals surface area contributed by atoms with Gasteiger partial charge >= 0.3 is 6.18 Å². The van der Waals surface area contributed by atoms with Crippen LogP contribution in [-0.2, 0) is 11.0 Å². The Morgan fingerprint density at radius 1 is 1.22 bits per heavy atom. The van der Waals surface area contributed by atoms with Crippen LogP contribution in [0.4, 0.5) is 23.2 Å². The van der Waals surface area contributed by atoms with E-state index in [0.717, 1.165) is 17.0 Å². The molecule has 2 aromatic rings. The fraction of sp³-hybridized carbons (Fsp3) is 0.176. The van der Waals surface area contributed by atoms with Crippen molar-refractivity contribution in [1.29, 1.82) is 5.26 Å². The highest BCUT2D eigenvalue weighted by Gasteiger charge is 2.34. The summed E-state index contributed by atoms with van der Waals surface area (Å²) in [6, 6.07) is 9.95. The Kier molecular flexibility index (Phi) is 8.24. The van der Waals surface area contributed by atoms with E-state index in [4.69, 9.17) is 15.5 Å². The number of carbonyl (C=O) groups excluding carboxylic acids is 1. The van der Waals surface area contributed by atoms with Crippen LogP contribution in [0, 0.1) is 17.1 Å². The first-order chi connectivity index (χ1) is 12.6. The standard InChI is InChI=1S/C11H9F3N2O3.C6H5FS/c12-11(13,14)8-3-7(2-1-6(8)4-15)16-10(19)9(18)5-17;7-5-1-3-6(8)4-2-5/h1-3,9,17-18H,5H2,(H,16,19);1-4,8H. The van der Waals surface area contributed by atoms with Crippen molar-refractivity contribution in [3.05, 3.63) is 59.4 Å². The summed E-state index contributed by atoms with van der Waals surface area (Å²) in [6.07, 6.45) is -6.47. The van der Waals surface area contributed by atoms with E-state index in [0.29, 0.717) is 6.07 Å². The van der Waals surface area contributed by atoms with Gasteiger partial charge in [0.1, 0.15) is 5.82 Å². The first-order valence-electron chi connectivity index (χ1n) is 7.24. The molecule has 1 unspecified atom stereocenters. The van der Waals surface area contributed by atoms with E-state index in [1.807, 2.05) is 5.32 Å². The fourth-order valence-corrected chi connectivity index (χ4v) is 1.85. The molecule has 0 aliphatic carbocycles. The number of carbonyl (C=O) groups is 1. The van der Waals surface area contributed by atoms with E-state index in [1.165, 1.54) is 18.2 Å². The molecule has 0 aromatic heterocycles. The van der Waals surface area contributed by atoms with Crippen molar-refractivity contribution in [3.63, 3.8) is 0 Å². The minimum Gasteiger partial charge on any atom is -0.393 e. The van der Waals surface area contributed by atoms with Gasteiger partial charge in [0.05, 0.1) is 23.8 Å². The molecule has 144 valence electrons. The molecule has 2 rings (SSSR count). The molecule has 2 aromatic carbocycles. The van der Waals surface area contributed by atoms with Crippen molar-refractivity contribution in [1.82, 2.24) is 0 Å². The molecule has 0 saturated heterocycles. The van der Waals surface area contributed by atoms with Crippen molar-refractivity contribution >= 4 is 24.2 Å². The Bertz CT molecular complexity index is 799. The van der Waals surface area contributed by atoms with Gasteiger partial charge in [0, 0.05) is 10.6 Å². The van der Waals surface area contributed by atoms with Crippen LogP contribution >= 0.6 is 12.6 Å². The molecule has 1 amide bonds. The number of alkyl halides is 3. The van der Waals surface area contributed by atoms with E-state index in [-0.39, 0.29) is 11.5 Å². The molecular formula is C17H14F4N2O3S. The number of aliphatic hydroxyl groups excluding tert-OH is 2. The number of hydrogen-bond acceptors (Lipinski definition) is 5. The third-order valence-electron chi connectivity index (χ3n) is 3.02. The van der Waals surface area contributed by atoms with Gasteiger partial charge in [0.25, 0.3) is 5.91 Å². The normalized spacial score (nSPS) is 11.6. The van der Waals surface area contributed by atoms with Gasteiger partial charge in [0.2, 0.25) is 0 Å². The Morgan fingerprint density at radius 3 is 2.26 bits per heavy atom. The highest BCUT2D eigenvalue weighted by atomic mass is 32.1. The van der Waals surface area contributed by atoms with Crippen molar-refractivity contribution in [2.24, 2.45) is 0 Å². The van der Waals surface area contributed by atoms with Gasteiger partial charge in [-0.1, -0.05) is 0 Å². The van der Waals surface area contributed by atoms with Crippen molar-refractivity contribution in [2.45, 2.75) is 17.2 Å². The monoisotopic (exact) mass is 402 g/mol. The first kappa shape index (κ1) is 22.4. The van der Waals surface area contributed by atoms with Crippen LogP contribution in [0.1, 0.15) is 11.1 Å². The van der Waals surface area contributed by atoms with Crippen LogP contribution in [0.5, 0.6) is 0 Å². The van der Waals surface area contributed by atoms with E-state index in [2.05, 4.69) is 12.6 Å². The number of anilines is 1. The molecular weight excluding hydrogens is 388 g/mol. The Labute approximate surface area is 157 Å². The zero-order valence-electron chi connectivity index (χ0n) is 13.5. The van der Waals surface area contributed by atoms with Crippen molar-refractivity contribution < 1.29 is 32.6 Å². The molecule has 0 radical (unpaired) electrons. The van der Waals surface area contributed by atoms with Crippen molar-refractivity contribution in [2.75, 3.05) is 11.9 Å². The van der Waals surface area contributed by atoms with Crippen LogP contribution in [-0.4, -0.2) is 28.8 Å². The number of nitrogens with zero attached hydrogens (tertiary/aromatic N) is 1. The topological polar surface area (TPSA) is 93.4 Å². The third-order valence-corrected chi connectivity index (χ3v) is 3.31. The number of rotatable bonds is 3. The van der Waals surface area contributed by atoms with Gasteiger partial charge < -0.3 is 15.5 Å². The van der Waals surface area contributed by atoms with Gasteiger partial charge in [-0.3, -0.25) is 4.79 Å². The molecule has 27 heavy (non-hydrogen) atoms. The summed E-state index contributed by atoms with van der Waals surface area (Å²) >= 11 is 3.97. The average Bonchev–Trinajstić information content (AvgIpc) is 2.63. The second kappa shape index (κ2) is 9.91. The molecule has 0 heterocycles. The van der Waals surface area contributed by atoms with Crippen LogP contribution in [0.25, 0.3) is 0 Å². The fourth-order valence-electron chi connectivity index (χ4n) is 1.70. The first-order valence-corrected chi connectivity index (χ1v) is 7.69. The lowest BCUT2D eigenvalue weighted by molar-refractivity contribution is -0.137. The lowest BCUT2D eigenvalue weighted by Crippen LogP contribution is -2.30. The summed E-state index contributed by atoms with van der Waals surface area (Å²) in [6.45, 7) is -0.853. The number of amides is 1. The van der Waals surface area contributed by atoms with E-state index in [1.54, 1.807) is 12.1 Å². The maximum absolute atomic E-state index is 12.6. The minimum absolute atomic E-state index is 0.220. The maximum Gasteiger partial charge on any atom is 0.417 e. The molecule has 0 saturated carbocycles. The van der Waals surface area contributed by atoms with Crippen LogP contribution in [0.3, 0.4) is 0 Å². The minimum atomic E-state index is -4.73. The van der Waals surface area contributed by atoms with Gasteiger partial charge in [-0.25, -0.2) is 4.39 Å². The molecule has 1 atom stereocenters. The predicted octanol–water partition coefficient (Wildman–Crippen LogP) is 2.98. The Balaban J connectivity index is 0.000000377. The summed E-state index contributed by atoms with van der Waals surface area (Å²) in [4.78, 5) is 12.0. The largest absolute Gasteiger partial charge is 0.417 e. The summed E-state index contributed by atoms with van der Waals surface area (Å²) in [5, 5.41) is 28.1. The number of halogens is 4. The second-order valence-electron chi connectivity index (χ2n) is 5.03. The van der Waals surface area contributed by atoms with Crippen LogP contribution in [0.2, 0.25) is 0 Å². The molecule has 0 aliphatic rings. The molecule has 0 aliphatic heterocycles. The maximum atomic E-state index is 12.6. The summed E-state index contributed by atoms with van der Waals surface area (Å²) in [5.41, 5.74) is -2.00. The number of thiol groups is 1. The molecule has 5 nitrogen and oxygen atoms in total.